The van der Waals surface area contributed by atoms with E-state index in [0.717, 1.165) is 6.07 Å². The molecule has 134 valence electrons. The highest BCUT2D eigenvalue weighted by atomic mass is 35.5. The lowest BCUT2D eigenvalue weighted by Crippen LogP contribution is -2.16. The molecule has 26 heavy (non-hydrogen) atoms. The number of para-hydroxylation sites is 1. The molecule has 0 aliphatic rings. The van der Waals surface area contributed by atoms with E-state index in [2.05, 4.69) is 15.5 Å². The number of hydrogen-bond acceptors (Lipinski definition) is 2. The van der Waals surface area contributed by atoms with Crippen molar-refractivity contribution in [1.29, 1.82) is 0 Å². The number of halogens is 5. The SMILES string of the molecule is O=C(Nc1ccccc1C(F)(F)F)c1cc(-c2ccc(Cl)cc2Cl)n[nH]1. The van der Waals surface area contributed by atoms with Gasteiger partial charge < -0.3 is 5.32 Å². The lowest BCUT2D eigenvalue weighted by Gasteiger charge is -2.12. The fourth-order valence-corrected chi connectivity index (χ4v) is 2.81. The lowest BCUT2D eigenvalue weighted by atomic mass is 10.1. The molecule has 0 saturated heterocycles. The van der Waals surface area contributed by atoms with E-state index in [1.807, 2.05) is 0 Å². The second-order valence-corrected chi connectivity index (χ2v) is 6.13. The number of anilines is 1. The van der Waals surface area contributed by atoms with Crippen LogP contribution < -0.4 is 5.32 Å². The Morgan fingerprint density at radius 2 is 1.81 bits per heavy atom. The summed E-state index contributed by atoms with van der Waals surface area (Å²) in [6.07, 6.45) is -4.58. The zero-order valence-electron chi connectivity index (χ0n) is 12.9. The fraction of sp³-hybridized carbons (Fsp3) is 0.0588. The first-order valence-electron chi connectivity index (χ1n) is 7.24. The van der Waals surface area contributed by atoms with Crippen molar-refractivity contribution in [2.75, 3.05) is 5.32 Å². The largest absolute Gasteiger partial charge is 0.418 e. The van der Waals surface area contributed by atoms with Crippen LogP contribution in [0.15, 0.2) is 48.5 Å². The van der Waals surface area contributed by atoms with Crippen molar-refractivity contribution in [1.82, 2.24) is 10.2 Å². The van der Waals surface area contributed by atoms with Crippen LogP contribution in [0.5, 0.6) is 0 Å². The first-order valence-corrected chi connectivity index (χ1v) is 7.99. The Balaban J connectivity index is 1.86. The Morgan fingerprint density at radius 1 is 1.08 bits per heavy atom. The number of aromatic amines is 1. The Labute approximate surface area is 155 Å². The number of carbonyl (C=O) groups excluding carboxylic acids is 1. The molecule has 1 heterocycles. The van der Waals surface area contributed by atoms with Gasteiger partial charge in [-0.3, -0.25) is 9.89 Å². The van der Waals surface area contributed by atoms with Gasteiger partial charge in [-0.1, -0.05) is 35.3 Å². The van der Waals surface area contributed by atoms with Crippen LogP contribution in [0, 0.1) is 0 Å². The van der Waals surface area contributed by atoms with Crippen LogP contribution in [0.3, 0.4) is 0 Å². The van der Waals surface area contributed by atoms with Crippen molar-refractivity contribution in [3.05, 3.63) is 69.8 Å². The van der Waals surface area contributed by atoms with Gasteiger partial charge in [0.2, 0.25) is 0 Å². The summed E-state index contributed by atoms with van der Waals surface area (Å²) in [5.41, 5.74) is -0.398. The standard InChI is InChI=1S/C17H10Cl2F3N3O/c18-9-5-6-10(12(19)7-9)14-8-15(25-24-14)16(26)23-13-4-2-1-3-11(13)17(20,21)22/h1-8H,(H,23,26)(H,24,25). The van der Waals surface area contributed by atoms with E-state index in [-0.39, 0.29) is 11.4 Å². The van der Waals surface area contributed by atoms with Gasteiger partial charge in [0.15, 0.2) is 0 Å². The number of hydrogen-bond donors (Lipinski definition) is 2. The van der Waals surface area contributed by atoms with Crippen LogP contribution >= 0.6 is 23.2 Å². The van der Waals surface area contributed by atoms with E-state index in [9.17, 15) is 18.0 Å². The molecule has 0 saturated carbocycles. The number of carbonyl (C=O) groups is 1. The van der Waals surface area contributed by atoms with E-state index in [0.29, 0.717) is 21.3 Å². The Hall–Kier alpha value is -2.51. The summed E-state index contributed by atoms with van der Waals surface area (Å²) in [6.45, 7) is 0. The summed E-state index contributed by atoms with van der Waals surface area (Å²) < 4.78 is 39.0. The highest BCUT2D eigenvalue weighted by Gasteiger charge is 2.33. The molecule has 1 aromatic heterocycles. The zero-order valence-corrected chi connectivity index (χ0v) is 14.4. The van der Waals surface area contributed by atoms with Crippen molar-refractivity contribution in [2.45, 2.75) is 6.18 Å². The van der Waals surface area contributed by atoms with Crippen molar-refractivity contribution in [3.63, 3.8) is 0 Å². The van der Waals surface area contributed by atoms with Crippen molar-refractivity contribution < 1.29 is 18.0 Å². The number of aromatic nitrogens is 2. The second-order valence-electron chi connectivity index (χ2n) is 5.29. The third kappa shape index (κ3) is 3.84. The van der Waals surface area contributed by atoms with Gasteiger partial charge in [-0.2, -0.15) is 18.3 Å². The molecule has 0 radical (unpaired) electrons. The van der Waals surface area contributed by atoms with E-state index >= 15 is 0 Å². The van der Waals surface area contributed by atoms with E-state index in [1.165, 1.54) is 30.3 Å². The molecule has 0 aliphatic heterocycles. The number of benzene rings is 2. The van der Waals surface area contributed by atoms with Crippen LogP contribution in [0.2, 0.25) is 10.0 Å². The minimum atomic E-state index is -4.58. The van der Waals surface area contributed by atoms with Gasteiger partial charge in [0.05, 0.1) is 22.0 Å². The third-order valence-electron chi connectivity index (χ3n) is 3.51. The van der Waals surface area contributed by atoms with Gasteiger partial charge in [0.1, 0.15) is 5.69 Å². The molecule has 2 aromatic carbocycles. The highest BCUT2D eigenvalue weighted by Crippen LogP contribution is 2.35. The first-order chi connectivity index (χ1) is 12.3. The number of H-pyrrole nitrogens is 1. The minimum absolute atomic E-state index is 0.0111. The van der Waals surface area contributed by atoms with Gasteiger partial charge in [0.25, 0.3) is 5.91 Å². The summed E-state index contributed by atoms with van der Waals surface area (Å²) in [7, 11) is 0. The van der Waals surface area contributed by atoms with Crippen LogP contribution in [0.4, 0.5) is 18.9 Å². The zero-order chi connectivity index (χ0) is 18.9. The van der Waals surface area contributed by atoms with E-state index in [4.69, 9.17) is 23.2 Å². The normalized spacial score (nSPS) is 11.4. The molecule has 3 rings (SSSR count). The highest BCUT2D eigenvalue weighted by molar-refractivity contribution is 6.36. The summed E-state index contributed by atoms with van der Waals surface area (Å²) in [4.78, 5) is 12.3. The predicted octanol–water partition coefficient (Wildman–Crippen LogP) is 5.65. The topological polar surface area (TPSA) is 57.8 Å². The second kappa shape index (κ2) is 7.01. The van der Waals surface area contributed by atoms with Gasteiger partial charge in [-0.15, -0.1) is 0 Å². The molecule has 0 fully saturated rings. The quantitative estimate of drug-likeness (QED) is 0.597. The predicted molar refractivity (Wildman–Crippen MR) is 93.4 cm³/mol. The molecule has 0 unspecified atom stereocenters. The number of nitrogens with one attached hydrogen (secondary N) is 2. The summed E-state index contributed by atoms with van der Waals surface area (Å²) >= 11 is 11.9. The molecule has 0 bridgehead atoms. The molecule has 9 heteroatoms. The molecule has 2 N–H and O–H groups in total. The van der Waals surface area contributed by atoms with Crippen molar-refractivity contribution in [3.8, 4) is 11.3 Å². The maximum absolute atomic E-state index is 13.0. The molecule has 0 spiro atoms. The summed E-state index contributed by atoms with van der Waals surface area (Å²) in [6, 6.07) is 10.9. The summed E-state index contributed by atoms with van der Waals surface area (Å²) in [5, 5.41) is 9.47. The molecule has 0 atom stereocenters. The third-order valence-corrected chi connectivity index (χ3v) is 4.06. The minimum Gasteiger partial charge on any atom is -0.320 e. The van der Waals surface area contributed by atoms with Crippen LogP contribution in [0.25, 0.3) is 11.3 Å². The average molecular weight is 400 g/mol. The van der Waals surface area contributed by atoms with Gasteiger partial charge in [0, 0.05) is 10.6 Å². The van der Waals surface area contributed by atoms with Crippen LogP contribution in [-0.4, -0.2) is 16.1 Å². The Morgan fingerprint density at radius 3 is 2.50 bits per heavy atom. The number of alkyl halides is 3. The summed E-state index contributed by atoms with van der Waals surface area (Å²) in [5.74, 6) is -0.759. The molecule has 4 nitrogen and oxygen atoms in total. The van der Waals surface area contributed by atoms with Gasteiger partial charge in [-0.25, -0.2) is 0 Å². The Bertz CT molecular complexity index is 970. The average Bonchev–Trinajstić information content (AvgIpc) is 3.04. The smallest absolute Gasteiger partial charge is 0.320 e. The molecule has 1 amide bonds. The van der Waals surface area contributed by atoms with Crippen molar-refractivity contribution in [2.24, 2.45) is 0 Å². The van der Waals surface area contributed by atoms with Crippen LogP contribution in [-0.2, 0) is 6.18 Å². The van der Waals surface area contributed by atoms with E-state index in [1.54, 1.807) is 12.1 Å². The number of amides is 1. The molecular weight excluding hydrogens is 390 g/mol. The first kappa shape index (κ1) is 18.3. The Kier molecular flexibility index (Phi) is 4.93. The number of rotatable bonds is 3. The van der Waals surface area contributed by atoms with Gasteiger partial charge >= 0.3 is 6.18 Å². The fourth-order valence-electron chi connectivity index (χ4n) is 2.30. The van der Waals surface area contributed by atoms with Crippen LogP contribution in [0.1, 0.15) is 16.1 Å². The maximum Gasteiger partial charge on any atom is 0.418 e. The molecular formula is C17H10Cl2F3N3O. The number of nitrogens with zero attached hydrogens (tertiary/aromatic N) is 1. The monoisotopic (exact) mass is 399 g/mol. The van der Waals surface area contributed by atoms with Crippen molar-refractivity contribution >= 4 is 34.8 Å². The van der Waals surface area contributed by atoms with Gasteiger partial charge in [-0.05, 0) is 36.4 Å². The lowest BCUT2D eigenvalue weighted by molar-refractivity contribution is -0.136. The maximum atomic E-state index is 13.0. The van der Waals surface area contributed by atoms with E-state index < -0.39 is 17.6 Å². The molecule has 0 aliphatic carbocycles. The molecule has 3 aromatic rings.